The Morgan fingerprint density at radius 1 is 1.08 bits per heavy atom. The van der Waals surface area contributed by atoms with Gasteiger partial charge in [-0.05, 0) is 50.2 Å². The molecule has 1 aromatic heterocycles. The van der Waals surface area contributed by atoms with E-state index in [2.05, 4.69) is 54.0 Å². The first-order valence-corrected chi connectivity index (χ1v) is 9.17. The van der Waals surface area contributed by atoms with Crippen LogP contribution in [0, 0.1) is 12.8 Å². The SMILES string of the molecule is Cc1cc(N2CCCc3ccccc32)nc(N2CCCC(C)C2)n1. The first-order valence-electron chi connectivity index (χ1n) is 9.17. The number of hydrogen-bond donors (Lipinski definition) is 0. The third kappa shape index (κ3) is 2.97. The van der Waals surface area contributed by atoms with E-state index in [-0.39, 0.29) is 0 Å². The lowest BCUT2D eigenvalue weighted by atomic mass is 10.0. The molecule has 3 heterocycles. The highest BCUT2D eigenvalue weighted by Crippen LogP contribution is 2.33. The van der Waals surface area contributed by atoms with Gasteiger partial charge in [0.25, 0.3) is 0 Å². The average molecular weight is 322 g/mol. The predicted octanol–water partition coefficient (Wildman–Crippen LogP) is 4.11. The van der Waals surface area contributed by atoms with Crippen LogP contribution >= 0.6 is 0 Å². The van der Waals surface area contributed by atoms with Crippen LogP contribution in [0.4, 0.5) is 17.5 Å². The van der Waals surface area contributed by atoms with Crippen molar-refractivity contribution in [3.05, 3.63) is 41.6 Å². The average Bonchev–Trinajstić information content (AvgIpc) is 2.61. The van der Waals surface area contributed by atoms with Crippen molar-refractivity contribution in [3.63, 3.8) is 0 Å². The van der Waals surface area contributed by atoms with Crippen LogP contribution in [0.5, 0.6) is 0 Å². The molecule has 1 saturated heterocycles. The van der Waals surface area contributed by atoms with Crippen molar-refractivity contribution in [1.29, 1.82) is 0 Å². The van der Waals surface area contributed by atoms with Crippen LogP contribution in [0.2, 0.25) is 0 Å². The number of aryl methyl sites for hydroxylation is 2. The molecule has 0 saturated carbocycles. The number of fused-ring (bicyclic) bond motifs is 1. The number of benzene rings is 1. The minimum Gasteiger partial charge on any atom is -0.340 e. The Balaban J connectivity index is 1.69. The number of piperidine rings is 1. The lowest BCUT2D eigenvalue weighted by Gasteiger charge is -2.33. The Morgan fingerprint density at radius 3 is 2.83 bits per heavy atom. The van der Waals surface area contributed by atoms with Crippen molar-refractivity contribution in [2.24, 2.45) is 5.92 Å². The Morgan fingerprint density at radius 2 is 1.96 bits per heavy atom. The minimum absolute atomic E-state index is 0.724. The Bertz CT molecular complexity index is 727. The molecule has 0 amide bonds. The zero-order valence-electron chi connectivity index (χ0n) is 14.7. The molecule has 126 valence electrons. The number of anilines is 3. The van der Waals surface area contributed by atoms with Crippen molar-refractivity contribution in [3.8, 4) is 0 Å². The van der Waals surface area contributed by atoms with Crippen LogP contribution in [0.15, 0.2) is 30.3 Å². The number of hydrogen-bond acceptors (Lipinski definition) is 4. The van der Waals surface area contributed by atoms with Gasteiger partial charge in [0.05, 0.1) is 0 Å². The highest BCUT2D eigenvalue weighted by molar-refractivity contribution is 5.66. The van der Waals surface area contributed by atoms with E-state index in [0.29, 0.717) is 0 Å². The zero-order valence-corrected chi connectivity index (χ0v) is 14.7. The summed E-state index contributed by atoms with van der Waals surface area (Å²) in [6.45, 7) is 7.58. The summed E-state index contributed by atoms with van der Waals surface area (Å²) in [6.07, 6.45) is 4.89. The first kappa shape index (κ1) is 15.4. The summed E-state index contributed by atoms with van der Waals surface area (Å²) in [5.74, 6) is 2.67. The fraction of sp³-hybridized carbons (Fsp3) is 0.500. The molecule has 0 aliphatic carbocycles. The monoisotopic (exact) mass is 322 g/mol. The zero-order chi connectivity index (χ0) is 16.5. The maximum absolute atomic E-state index is 4.95. The number of aromatic nitrogens is 2. The van der Waals surface area contributed by atoms with E-state index in [0.717, 1.165) is 49.4 Å². The summed E-state index contributed by atoms with van der Waals surface area (Å²) in [5, 5.41) is 0. The van der Waals surface area contributed by atoms with Crippen molar-refractivity contribution in [2.45, 2.75) is 39.5 Å². The van der Waals surface area contributed by atoms with Gasteiger partial charge in [-0.3, -0.25) is 0 Å². The Hall–Kier alpha value is -2.10. The molecular weight excluding hydrogens is 296 g/mol. The van der Waals surface area contributed by atoms with Crippen molar-refractivity contribution in [2.75, 3.05) is 29.4 Å². The fourth-order valence-electron chi connectivity index (χ4n) is 3.96. The van der Waals surface area contributed by atoms with Gasteiger partial charge in [0.1, 0.15) is 5.82 Å². The van der Waals surface area contributed by atoms with Crippen LogP contribution in [-0.2, 0) is 6.42 Å². The van der Waals surface area contributed by atoms with Crippen molar-refractivity contribution >= 4 is 17.5 Å². The van der Waals surface area contributed by atoms with E-state index in [1.165, 1.54) is 30.5 Å². The predicted molar refractivity (Wildman–Crippen MR) is 99.1 cm³/mol. The van der Waals surface area contributed by atoms with Crippen LogP contribution in [0.25, 0.3) is 0 Å². The summed E-state index contributed by atoms with van der Waals surface area (Å²) < 4.78 is 0. The number of nitrogens with zero attached hydrogens (tertiary/aromatic N) is 4. The van der Waals surface area contributed by atoms with Crippen molar-refractivity contribution in [1.82, 2.24) is 9.97 Å². The molecule has 1 atom stereocenters. The lowest BCUT2D eigenvalue weighted by molar-refractivity contribution is 0.442. The number of rotatable bonds is 2. The van der Waals surface area contributed by atoms with Crippen molar-refractivity contribution < 1.29 is 0 Å². The third-order valence-electron chi connectivity index (χ3n) is 5.16. The molecule has 24 heavy (non-hydrogen) atoms. The van der Waals surface area contributed by atoms with E-state index < -0.39 is 0 Å². The van der Waals surface area contributed by atoms with Gasteiger partial charge in [-0.2, -0.15) is 4.98 Å². The molecule has 1 unspecified atom stereocenters. The summed E-state index contributed by atoms with van der Waals surface area (Å²) in [5.41, 5.74) is 3.78. The number of para-hydroxylation sites is 1. The fourth-order valence-corrected chi connectivity index (χ4v) is 3.96. The van der Waals surface area contributed by atoms with Gasteiger partial charge < -0.3 is 9.80 Å². The molecule has 1 aromatic carbocycles. The van der Waals surface area contributed by atoms with Gasteiger partial charge in [0, 0.05) is 37.1 Å². The Kier molecular flexibility index (Phi) is 4.13. The summed E-state index contributed by atoms with van der Waals surface area (Å²) in [6, 6.07) is 10.8. The van der Waals surface area contributed by atoms with Gasteiger partial charge in [-0.25, -0.2) is 4.98 Å². The van der Waals surface area contributed by atoms with Gasteiger partial charge >= 0.3 is 0 Å². The standard InChI is InChI=1S/C20H26N4/c1-15-7-5-11-23(14-15)20-21-16(2)13-19(22-20)24-12-6-9-17-8-3-4-10-18(17)24/h3-4,8,10,13,15H,5-7,9,11-12,14H2,1-2H3. The second kappa shape index (κ2) is 6.42. The first-order chi connectivity index (χ1) is 11.7. The molecular formula is C20H26N4. The van der Waals surface area contributed by atoms with Crippen LogP contribution in [0.1, 0.15) is 37.4 Å². The topological polar surface area (TPSA) is 32.3 Å². The largest absolute Gasteiger partial charge is 0.340 e. The van der Waals surface area contributed by atoms with Crippen LogP contribution < -0.4 is 9.80 Å². The van der Waals surface area contributed by atoms with Gasteiger partial charge in [0.15, 0.2) is 0 Å². The third-order valence-corrected chi connectivity index (χ3v) is 5.16. The quantitative estimate of drug-likeness (QED) is 0.833. The van der Waals surface area contributed by atoms with Gasteiger partial charge in [0.2, 0.25) is 5.95 Å². The van der Waals surface area contributed by atoms with Gasteiger partial charge in [-0.15, -0.1) is 0 Å². The second-order valence-corrected chi connectivity index (χ2v) is 7.24. The normalized spacial score (nSPS) is 20.8. The molecule has 2 aliphatic heterocycles. The second-order valence-electron chi connectivity index (χ2n) is 7.24. The minimum atomic E-state index is 0.724. The summed E-state index contributed by atoms with van der Waals surface area (Å²) in [7, 11) is 0. The lowest BCUT2D eigenvalue weighted by Crippen LogP contribution is -2.36. The highest BCUT2D eigenvalue weighted by atomic mass is 15.3. The highest BCUT2D eigenvalue weighted by Gasteiger charge is 2.23. The molecule has 4 rings (SSSR count). The maximum atomic E-state index is 4.95. The molecule has 2 aliphatic rings. The molecule has 1 fully saturated rings. The molecule has 4 heteroatoms. The van der Waals surface area contributed by atoms with E-state index in [4.69, 9.17) is 9.97 Å². The molecule has 0 N–H and O–H groups in total. The summed E-state index contributed by atoms with van der Waals surface area (Å²) >= 11 is 0. The molecule has 2 aromatic rings. The van der Waals surface area contributed by atoms with E-state index in [1.54, 1.807) is 0 Å². The molecule has 0 bridgehead atoms. The Labute approximate surface area is 144 Å². The molecule has 0 spiro atoms. The van der Waals surface area contributed by atoms with E-state index in [9.17, 15) is 0 Å². The van der Waals surface area contributed by atoms with Crippen LogP contribution in [-0.4, -0.2) is 29.6 Å². The maximum Gasteiger partial charge on any atom is 0.227 e. The molecule has 4 nitrogen and oxygen atoms in total. The van der Waals surface area contributed by atoms with E-state index >= 15 is 0 Å². The van der Waals surface area contributed by atoms with E-state index in [1.807, 2.05) is 0 Å². The smallest absolute Gasteiger partial charge is 0.227 e. The van der Waals surface area contributed by atoms with Crippen LogP contribution in [0.3, 0.4) is 0 Å². The van der Waals surface area contributed by atoms with Gasteiger partial charge in [-0.1, -0.05) is 25.1 Å². The molecule has 0 radical (unpaired) electrons. The summed E-state index contributed by atoms with van der Waals surface area (Å²) in [4.78, 5) is 14.4.